The highest BCUT2D eigenvalue weighted by Gasteiger charge is 2.26. The number of benzene rings is 2. The lowest BCUT2D eigenvalue weighted by Crippen LogP contribution is -2.38. The Kier molecular flexibility index (Phi) is 7.63. The summed E-state index contributed by atoms with van der Waals surface area (Å²) in [5.41, 5.74) is 3.35. The number of anilines is 1. The van der Waals surface area contributed by atoms with E-state index in [-0.39, 0.29) is 18.6 Å². The van der Waals surface area contributed by atoms with Crippen LogP contribution in [0.25, 0.3) is 0 Å². The van der Waals surface area contributed by atoms with E-state index in [4.69, 9.17) is 14.2 Å². The van der Waals surface area contributed by atoms with Gasteiger partial charge < -0.3 is 24.8 Å². The van der Waals surface area contributed by atoms with Gasteiger partial charge >= 0.3 is 11.8 Å². The predicted octanol–water partition coefficient (Wildman–Crippen LogP) is 1.45. The van der Waals surface area contributed by atoms with Gasteiger partial charge in [0.25, 0.3) is 5.91 Å². The van der Waals surface area contributed by atoms with Crippen LogP contribution >= 0.6 is 0 Å². The predicted molar refractivity (Wildman–Crippen MR) is 117 cm³/mol. The number of hydrogen-bond donors (Lipinski definition) is 3. The normalized spacial score (nSPS) is 12.7. The fourth-order valence-corrected chi connectivity index (χ4v) is 2.62. The van der Waals surface area contributed by atoms with Crippen LogP contribution in [0.4, 0.5) is 5.69 Å². The van der Waals surface area contributed by atoms with Crippen molar-refractivity contribution in [3.05, 3.63) is 48.0 Å². The van der Waals surface area contributed by atoms with Crippen molar-refractivity contribution in [1.82, 2.24) is 10.7 Å². The molecular formula is C22H24N4O6. The summed E-state index contributed by atoms with van der Waals surface area (Å²) in [5, 5.41) is 9.07. The molecule has 10 nitrogen and oxygen atoms in total. The van der Waals surface area contributed by atoms with E-state index in [1.807, 2.05) is 0 Å². The lowest BCUT2D eigenvalue weighted by molar-refractivity contribution is -0.139. The summed E-state index contributed by atoms with van der Waals surface area (Å²) >= 11 is 0. The second-order valence-corrected chi connectivity index (χ2v) is 6.93. The van der Waals surface area contributed by atoms with Crippen LogP contribution in [0.1, 0.15) is 18.4 Å². The van der Waals surface area contributed by atoms with Crippen molar-refractivity contribution < 1.29 is 28.6 Å². The van der Waals surface area contributed by atoms with Crippen molar-refractivity contribution in [2.75, 3.05) is 26.1 Å². The second kappa shape index (κ2) is 10.8. The third-order valence-electron chi connectivity index (χ3n) is 4.40. The van der Waals surface area contributed by atoms with E-state index in [1.54, 1.807) is 49.6 Å². The molecule has 0 aliphatic heterocycles. The van der Waals surface area contributed by atoms with Crippen molar-refractivity contribution in [3.63, 3.8) is 0 Å². The van der Waals surface area contributed by atoms with Gasteiger partial charge in [0.1, 0.15) is 5.75 Å². The van der Waals surface area contributed by atoms with Crippen LogP contribution in [-0.2, 0) is 14.4 Å². The van der Waals surface area contributed by atoms with Crippen molar-refractivity contribution in [2.24, 2.45) is 5.10 Å². The molecule has 0 spiro atoms. The van der Waals surface area contributed by atoms with Crippen LogP contribution in [0, 0.1) is 0 Å². The zero-order chi connectivity index (χ0) is 22.9. The quantitative estimate of drug-likeness (QED) is 0.308. The van der Waals surface area contributed by atoms with Crippen LogP contribution in [0.5, 0.6) is 17.2 Å². The molecule has 1 fully saturated rings. The minimum atomic E-state index is -0.831. The lowest BCUT2D eigenvalue weighted by atomic mass is 10.2. The molecule has 0 bridgehead atoms. The molecule has 3 rings (SSSR count). The maximum absolute atomic E-state index is 12.2. The van der Waals surface area contributed by atoms with Crippen molar-refractivity contribution in [1.29, 1.82) is 0 Å². The van der Waals surface area contributed by atoms with Crippen LogP contribution in [-0.4, -0.2) is 50.8 Å². The Bertz CT molecular complexity index is 1020. The SMILES string of the molecule is COc1cccc(NC(=O)COc2ccc(/C=N\NC(=O)C(=O)NC3CC3)cc2OC)c1. The van der Waals surface area contributed by atoms with E-state index in [1.165, 1.54) is 13.3 Å². The van der Waals surface area contributed by atoms with Crippen LogP contribution in [0.2, 0.25) is 0 Å². The molecule has 0 aromatic heterocycles. The van der Waals surface area contributed by atoms with E-state index in [9.17, 15) is 14.4 Å². The molecule has 0 unspecified atom stereocenters. The Morgan fingerprint density at radius 3 is 2.56 bits per heavy atom. The molecular weight excluding hydrogens is 416 g/mol. The van der Waals surface area contributed by atoms with Gasteiger partial charge in [-0.05, 0) is 48.7 Å². The molecule has 1 aliphatic carbocycles. The lowest BCUT2D eigenvalue weighted by Gasteiger charge is -2.12. The molecule has 1 aliphatic rings. The molecule has 0 atom stereocenters. The van der Waals surface area contributed by atoms with Crippen molar-refractivity contribution >= 4 is 29.6 Å². The highest BCUT2D eigenvalue weighted by molar-refractivity contribution is 6.35. The van der Waals surface area contributed by atoms with Gasteiger partial charge in [-0.3, -0.25) is 14.4 Å². The summed E-state index contributed by atoms with van der Waals surface area (Å²) in [4.78, 5) is 35.4. The number of carbonyl (C=O) groups is 3. The van der Waals surface area contributed by atoms with Gasteiger partial charge in [0.15, 0.2) is 18.1 Å². The summed E-state index contributed by atoms with van der Waals surface area (Å²) < 4.78 is 16.0. The molecule has 10 heteroatoms. The Labute approximate surface area is 184 Å². The summed E-state index contributed by atoms with van der Waals surface area (Å²) in [7, 11) is 3.01. The van der Waals surface area contributed by atoms with Crippen LogP contribution in [0.3, 0.4) is 0 Å². The molecule has 0 saturated heterocycles. The second-order valence-electron chi connectivity index (χ2n) is 6.93. The van der Waals surface area contributed by atoms with E-state index < -0.39 is 11.8 Å². The monoisotopic (exact) mass is 440 g/mol. The molecule has 0 radical (unpaired) electrons. The molecule has 2 aromatic carbocycles. The van der Waals surface area contributed by atoms with Gasteiger partial charge in [-0.1, -0.05) is 6.07 Å². The van der Waals surface area contributed by atoms with Crippen molar-refractivity contribution in [3.8, 4) is 17.2 Å². The highest BCUT2D eigenvalue weighted by atomic mass is 16.5. The van der Waals surface area contributed by atoms with Crippen LogP contribution in [0.15, 0.2) is 47.6 Å². The molecule has 168 valence electrons. The van der Waals surface area contributed by atoms with Crippen LogP contribution < -0.4 is 30.3 Å². The average Bonchev–Trinajstić information content (AvgIpc) is 3.62. The first-order chi connectivity index (χ1) is 15.5. The first-order valence-electron chi connectivity index (χ1n) is 9.87. The first-order valence-corrected chi connectivity index (χ1v) is 9.87. The Hall–Kier alpha value is -4.08. The summed E-state index contributed by atoms with van der Waals surface area (Å²) in [5.74, 6) is -0.528. The Morgan fingerprint density at radius 2 is 1.84 bits per heavy atom. The smallest absolute Gasteiger partial charge is 0.329 e. The van der Waals surface area contributed by atoms with E-state index >= 15 is 0 Å². The van der Waals surface area contributed by atoms with Gasteiger partial charge in [0.2, 0.25) is 0 Å². The number of hydrazone groups is 1. The Morgan fingerprint density at radius 1 is 1.03 bits per heavy atom. The van der Waals surface area contributed by atoms with Gasteiger partial charge in [-0.25, -0.2) is 5.43 Å². The summed E-state index contributed by atoms with van der Waals surface area (Å²) in [6.45, 7) is -0.229. The summed E-state index contributed by atoms with van der Waals surface area (Å²) in [6, 6.07) is 12.0. The Balaban J connectivity index is 1.52. The number of amides is 3. The van der Waals surface area contributed by atoms with Gasteiger partial charge in [0, 0.05) is 17.8 Å². The number of hydrogen-bond acceptors (Lipinski definition) is 7. The highest BCUT2D eigenvalue weighted by Crippen LogP contribution is 2.27. The van der Waals surface area contributed by atoms with Gasteiger partial charge in [-0.15, -0.1) is 0 Å². The molecule has 1 saturated carbocycles. The standard InChI is InChI=1S/C22H24N4O6/c1-30-17-5-3-4-16(11-17)24-20(27)13-32-18-9-6-14(10-19(18)31-2)12-23-26-22(29)21(28)25-15-7-8-15/h3-6,9-12,15H,7-8,13H2,1-2H3,(H,24,27)(H,25,28)(H,26,29)/b23-12-. The molecule has 3 N–H and O–H groups in total. The molecule has 3 amide bonds. The number of carbonyl (C=O) groups excluding carboxylic acids is 3. The number of nitrogens with zero attached hydrogens (tertiary/aromatic N) is 1. The number of ether oxygens (including phenoxy) is 3. The third kappa shape index (κ3) is 6.73. The van der Waals surface area contributed by atoms with E-state index in [2.05, 4.69) is 21.2 Å². The zero-order valence-electron chi connectivity index (χ0n) is 17.7. The largest absolute Gasteiger partial charge is 0.497 e. The topological polar surface area (TPSA) is 127 Å². The minimum absolute atomic E-state index is 0.0895. The fraction of sp³-hybridized carbons (Fsp3) is 0.273. The number of methoxy groups -OCH3 is 2. The maximum Gasteiger partial charge on any atom is 0.329 e. The minimum Gasteiger partial charge on any atom is -0.497 e. The van der Waals surface area contributed by atoms with Crippen molar-refractivity contribution in [2.45, 2.75) is 18.9 Å². The first kappa shape index (κ1) is 22.6. The summed E-state index contributed by atoms with van der Waals surface area (Å²) in [6.07, 6.45) is 3.14. The van der Waals surface area contributed by atoms with E-state index in [0.29, 0.717) is 28.5 Å². The van der Waals surface area contributed by atoms with E-state index in [0.717, 1.165) is 12.8 Å². The molecule has 2 aromatic rings. The fourth-order valence-electron chi connectivity index (χ4n) is 2.62. The zero-order valence-corrected chi connectivity index (χ0v) is 17.7. The van der Waals surface area contributed by atoms with Gasteiger partial charge in [0.05, 0.1) is 20.4 Å². The number of nitrogens with one attached hydrogen (secondary N) is 3. The number of rotatable bonds is 9. The molecule has 0 heterocycles. The maximum atomic E-state index is 12.2. The third-order valence-corrected chi connectivity index (χ3v) is 4.40. The average molecular weight is 440 g/mol. The molecule has 32 heavy (non-hydrogen) atoms. The van der Waals surface area contributed by atoms with Gasteiger partial charge in [-0.2, -0.15) is 5.10 Å².